The van der Waals surface area contributed by atoms with E-state index in [1.54, 1.807) is 4.90 Å². The summed E-state index contributed by atoms with van der Waals surface area (Å²) in [6, 6.07) is 11.2. The third-order valence-corrected chi connectivity index (χ3v) is 6.45. The molecule has 9 heteroatoms. The molecule has 4 rings (SSSR count). The SMILES string of the molecule is CCCCCOc1ccc(C(=O)N(CCN(C)C)c2nc3cc4c(cc3s2)OCCO4)cc1.Cl. The topological polar surface area (TPSA) is 64.1 Å². The number of hydrogen-bond acceptors (Lipinski definition) is 7. The Morgan fingerprint density at radius 3 is 2.44 bits per heavy atom. The Kier molecular flexibility index (Phi) is 9.38. The fourth-order valence-electron chi connectivity index (χ4n) is 3.54. The van der Waals surface area contributed by atoms with Gasteiger partial charge in [0.2, 0.25) is 0 Å². The molecule has 0 saturated carbocycles. The first-order valence-corrected chi connectivity index (χ1v) is 12.3. The van der Waals surface area contributed by atoms with Crippen LogP contribution in [-0.2, 0) is 0 Å². The Hall–Kier alpha value is -2.55. The molecule has 1 amide bonds. The first kappa shape index (κ1) is 26.1. The molecule has 0 bridgehead atoms. The van der Waals surface area contributed by atoms with Gasteiger partial charge in [-0.3, -0.25) is 9.69 Å². The summed E-state index contributed by atoms with van der Waals surface area (Å²) in [6.45, 7) is 5.19. The van der Waals surface area contributed by atoms with Crippen LogP contribution in [0.3, 0.4) is 0 Å². The van der Waals surface area contributed by atoms with Crippen molar-refractivity contribution in [3.05, 3.63) is 42.0 Å². The van der Waals surface area contributed by atoms with Crippen molar-refractivity contribution in [1.29, 1.82) is 0 Å². The summed E-state index contributed by atoms with van der Waals surface area (Å²) < 4.78 is 18.2. The second-order valence-corrected chi connectivity index (χ2v) is 9.31. The van der Waals surface area contributed by atoms with Gasteiger partial charge in [0, 0.05) is 30.8 Å². The van der Waals surface area contributed by atoms with E-state index in [-0.39, 0.29) is 18.3 Å². The van der Waals surface area contributed by atoms with Gasteiger partial charge in [0.15, 0.2) is 16.6 Å². The molecule has 0 aliphatic carbocycles. The van der Waals surface area contributed by atoms with Crippen LogP contribution in [0.1, 0.15) is 36.5 Å². The van der Waals surface area contributed by atoms with Crippen molar-refractivity contribution < 1.29 is 19.0 Å². The highest BCUT2D eigenvalue weighted by Crippen LogP contribution is 2.39. The number of unbranched alkanes of at least 4 members (excludes halogenated alkanes) is 2. The Morgan fingerprint density at radius 1 is 1.06 bits per heavy atom. The summed E-state index contributed by atoms with van der Waals surface area (Å²) in [6.07, 6.45) is 3.35. The van der Waals surface area contributed by atoms with Crippen LogP contribution in [0.15, 0.2) is 36.4 Å². The number of halogens is 1. The van der Waals surface area contributed by atoms with Crippen LogP contribution in [0.4, 0.5) is 5.13 Å². The zero-order chi connectivity index (χ0) is 23.2. The number of anilines is 1. The number of likely N-dealkylation sites (N-methyl/N-ethyl adjacent to an activating group) is 1. The average molecular weight is 506 g/mol. The van der Waals surface area contributed by atoms with E-state index in [9.17, 15) is 4.79 Å². The minimum Gasteiger partial charge on any atom is -0.494 e. The molecule has 0 unspecified atom stereocenters. The van der Waals surface area contributed by atoms with Crippen LogP contribution in [0, 0.1) is 0 Å². The van der Waals surface area contributed by atoms with Crippen LogP contribution in [0.5, 0.6) is 17.2 Å². The van der Waals surface area contributed by atoms with Crippen molar-refractivity contribution >= 4 is 45.0 Å². The predicted octanol–water partition coefficient (Wildman–Crippen LogP) is 5.27. The molecule has 34 heavy (non-hydrogen) atoms. The van der Waals surface area contributed by atoms with Crippen LogP contribution >= 0.6 is 23.7 Å². The summed E-state index contributed by atoms with van der Waals surface area (Å²) in [7, 11) is 3.99. The lowest BCUT2D eigenvalue weighted by atomic mass is 10.2. The first-order valence-electron chi connectivity index (χ1n) is 11.4. The Labute approximate surface area is 211 Å². The zero-order valence-electron chi connectivity index (χ0n) is 19.9. The van der Waals surface area contributed by atoms with Gasteiger partial charge < -0.3 is 19.1 Å². The second-order valence-electron chi connectivity index (χ2n) is 8.30. The first-order chi connectivity index (χ1) is 16.0. The fraction of sp³-hybridized carbons (Fsp3) is 0.440. The zero-order valence-corrected chi connectivity index (χ0v) is 21.5. The highest BCUT2D eigenvalue weighted by molar-refractivity contribution is 7.22. The van der Waals surface area contributed by atoms with Gasteiger partial charge in [0.25, 0.3) is 5.91 Å². The number of ether oxygens (including phenoxy) is 3. The molecular formula is C25H32ClN3O4S. The number of hydrogen-bond donors (Lipinski definition) is 0. The molecule has 0 spiro atoms. The van der Waals surface area contributed by atoms with Gasteiger partial charge in [0.1, 0.15) is 19.0 Å². The van der Waals surface area contributed by atoms with Gasteiger partial charge in [0.05, 0.1) is 16.8 Å². The summed E-state index contributed by atoms with van der Waals surface area (Å²) >= 11 is 1.49. The molecule has 0 N–H and O–H groups in total. The number of amides is 1. The van der Waals surface area contributed by atoms with Crippen LogP contribution < -0.4 is 19.1 Å². The molecular weight excluding hydrogens is 474 g/mol. The third kappa shape index (κ3) is 6.31. The third-order valence-electron chi connectivity index (χ3n) is 5.41. The Bertz CT molecular complexity index is 1040. The van der Waals surface area contributed by atoms with E-state index in [1.165, 1.54) is 11.3 Å². The lowest BCUT2D eigenvalue weighted by Crippen LogP contribution is -2.36. The number of aromatic nitrogens is 1. The standard InChI is InChI=1S/C25H31N3O4S.ClH/c1-4-5-6-13-30-19-9-7-18(8-10-19)24(29)28(12-11-27(2)3)25-26-20-16-21-22(17-23(20)33-25)32-15-14-31-21;/h7-10,16-17H,4-6,11-15H2,1-3H3;1H. The monoisotopic (exact) mass is 505 g/mol. The molecule has 0 fully saturated rings. The lowest BCUT2D eigenvalue weighted by Gasteiger charge is -2.22. The quantitative estimate of drug-likeness (QED) is 0.350. The number of carbonyl (C=O) groups is 1. The fourth-order valence-corrected chi connectivity index (χ4v) is 4.54. The number of nitrogens with zero attached hydrogens (tertiary/aromatic N) is 3. The summed E-state index contributed by atoms with van der Waals surface area (Å²) in [5.74, 6) is 2.13. The van der Waals surface area contributed by atoms with Gasteiger partial charge in [-0.1, -0.05) is 31.1 Å². The summed E-state index contributed by atoms with van der Waals surface area (Å²) in [5, 5.41) is 0.666. The van der Waals surface area contributed by atoms with E-state index in [2.05, 4.69) is 11.8 Å². The van der Waals surface area contributed by atoms with E-state index in [0.717, 1.165) is 47.5 Å². The lowest BCUT2D eigenvalue weighted by molar-refractivity contribution is 0.0985. The van der Waals surface area contributed by atoms with Crippen molar-refractivity contribution in [2.45, 2.75) is 26.2 Å². The molecule has 1 aliphatic heterocycles. The molecule has 2 heterocycles. The van der Waals surface area contributed by atoms with Gasteiger partial charge in [-0.15, -0.1) is 12.4 Å². The molecule has 184 valence electrons. The summed E-state index contributed by atoms with van der Waals surface area (Å²) in [4.78, 5) is 22.1. The largest absolute Gasteiger partial charge is 0.494 e. The van der Waals surface area contributed by atoms with Crippen molar-refractivity contribution in [2.24, 2.45) is 0 Å². The number of carbonyl (C=O) groups excluding carboxylic acids is 1. The van der Waals surface area contributed by atoms with Crippen LogP contribution in [0.2, 0.25) is 0 Å². The summed E-state index contributed by atoms with van der Waals surface area (Å²) in [5.41, 5.74) is 1.41. The van der Waals surface area contributed by atoms with E-state index in [1.807, 2.05) is 50.5 Å². The number of thiazole rings is 1. The molecule has 1 aromatic heterocycles. The number of benzene rings is 2. The average Bonchev–Trinajstić information content (AvgIpc) is 3.23. The molecule has 1 aliphatic rings. The van der Waals surface area contributed by atoms with Crippen molar-refractivity contribution in [3.8, 4) is 17.2 Å². The molecule has 2 aromatic carbocycles. The van der Waals surface area contributed by atoms with Gasteiger partial charge >= 0.3 is 0 Å². The van der Waals surface area contributed by atoms with Crippen molar-refractivity contribution in [1.82, 2.24) is 9.88 Å². The number of rotatable bonds is 10. The molecule has 0 radical (unpaired) electrons. The maximum Gasteiger partial charge on any atom is 0.260 e. The van der Waals surface area contributed by atoms with E-state index in [4.69, 9.17) is 19.2 Å². The molecule has 0 atom stereocenters. The maximum absolute atomic E-state index is 13.5. The highest BCUT2D eigenvalue weighted by atomic mass is 35.5. The molecule has 3 aromatic rings. The number of fused-ring (bicyclic) bond motifs is 2. The van der Waals surface area contributed by atoms with Gasteiger partial charge in [-0.2, -0.15) is 0 Å². The predicted molar refractivity (Wildman–Crippen MR) is 140 cm³/mol. The van der Waals surface area contributed by atoms with Gasteiger partial charge in [-0.25, -0.2) is 4.98 Å². The molecule has 0 saturated heterocycles. The second kappa shape index (κ2) is 12.2. The highest BCUT2D eigenvalue weighted by Gasteiger charge is 2.23. The Balaban J connectivity index is 0.00000324. The van der Waals surface area contributed by atoms with E-state index >= 15 is 0 Å². The van der Waals surface area contributed by atoms with Crippen molar-refractivity contribution in [3.63, 3.8) is 0 Å². The molecule has 7 nitrogen and oxygen atoms in total. The maximum atomic E-state index is 13.5. The van der Waals surface area contributed by atoms with Crippen LogP contribution in [-0.4, -0.2) is 62.8 Å². The normalized spacial score (nSPS) is 12.5. The van der Waals surface area contributed by atoms with Gasteiger partial charge in [-0.05, 0) is 44.8 Å². The van der Waals surface area contributed by atoms with Crippen molar-refractivity contribution in [2.75, 3.05) is 51.9 Å². The smallest absolute Gasteiger partial charge is 0.260 e. The van der Waals surface area contributed by atoms with E-state index < -0.39 is 0 Å². The Morgan fingerprint density at radius 2 is 1.76 bits per heavy atom. The van der Waals surface area contributed by atoms with E-state index in [0.29, 0.717) is 42.8 Å². The minimum atomic E-state index is -0.0781. The van der Waals surface area contributed by atoms with Crippen LogP contribution in [0.25, 0.3) is 10.2 Å². The minimum absolute atomic E-state index is 0.